The lowest BCUT2D eigenvalue weighted by atomic mass is 10.1. The van der Waals surface area contributed by atoms with Gasteiger partial charge in [0.1, 0.15) is 0 Å². The summed E-state index contributed by atoms with van der Waals surface area (Å²) in [6, 6.07) is 8.19. The standard InChI is InChI=1S/C19H23ClN2O3/c20-6-1-2-19(23)21-17-13-15(12-16-5-9-25-14-16)3-4-18(17)22-7-10-24-11-8-22/h3-5,9,13-14H,1-2,6-8,10-12H2,(H,21,23). The van der Waals surface area contributed by atoms with Crippen molar-refractivity contribution in [3.8, 4) is 0 Å². The molecule has 2 heterocycles. The molecule has 0 saturated carbocycles. The highest BCUT2D eigenvalue weighted by atomic mass is 35.5. The molecule has 0 unspecified atom stereocenters. The maximum Gasteiger partial charge on any atom is 0.224 e. The summed E-state index contributed by atoms with van der Waals surface area (Å²) in [7, 11) is 0. The Morgan fingerprint density at radius 2 is 2.04 bits per heavy atom. The topological polar surface area (TPSA) is 54.7 Å². The molecule has 0 spiro atoms. The summed E-state index contributed by atoms with van der Waals surface area (Å²) in [5, 5.41) is 3.06. The number of nitrogens with zero attached hydrogens (tertiary/aromatic N) is 1. The zero-order chi connectivity index (χ0) is 17.5. The Kier molecular flexibility index (Phi) is 6.36. The molecule has 1 N–H and O–H groups in total. The number of anilines is 2. The van der Waals surface area contributed by atoms with E-state index in [1.54, 1.807) is 12.5 Å². The van der Waals surface area contributed by atoms with E-state index in [0.717, 1.165) is 42.0 Å². The average Bonchev–Trinajstić information content (AvgIpc) is 3.14. The van der Waals surface area contributed by atoms with E-state index < -0.39 is 0 Å². The maximum atomic E-state index is 12.2. The molecule has 25 heavy (non-hydrogen) atoms. The van der Waals surface area contributed by atoms with Gasteiger partial charge in [-0.2, -0.15) is 0 Å². The van der Waals surface area contributed by atoms with E-state index in [0.29, 0.717) is 31.9 Å². The van der Waals surface area contributed by atoms with Gasteiger partial charge >= 0.3 is 0 Å². The van der Waals surface area contributed by atoms with Crippen LogP contribution in [0, 0.1) is 0 Å². The lowest BCUT2D eigenvalue weighted by molar-refractivity contribution is -0.116. The SMILES string of the molecule is O=C(CCCCl)Nc1cc(Cc2ccoc2)ccc1N1CCOCC1. The van der Waals surface area contributed by atoms with Gasteiger partial charge in [0.2, 0.25) is 5.91 Å². The first-order chi connectivity index (χ1) is 12.3. The van der Waals surface area contributed by atoms with E-state index >= 15 is 0 Å². The highest BCUT2D eigenvalue weighted by Crippen LogP contribution is 2.29. The summed E-state index contributed by atoms with van der Waals surface area (Å²) >= 11 is 5.70. The van der Waals surface area contributed by atoms with Crippen molar-refractivity contribution < 1.29 is 13.9 Å². The molecule has 0 aliphatic carbocycles. The summed E-state index contributed by atoms with van der Waals surface area (Å²) in [6.07, 6.45) is 5.29. The van der Waals surface area contributed by atoms with Gasteiger partial charge in [-0.1, -0.05) is 6.07 Å². The van der Waals surface area contributed by atoms with Crippen molar-refractivity contribution in [2.24, 2.45) is 0 Å². The Labute approximate surface area is 152 Å². The minimum atomic E-state index is -0.00406. The zero-order valence-electron chi connectivity index (χ0n) is 14.2. The molecular formula is C19H23ClN2O3. The van der Waals surface area contributed by atoms with Gasteiger partial charge in [-0.3, -0.25) is 4.79 Å². The number of furan rings is 1. The Hall–Kier alpha value is -1.98. The second-order valence-corrected chi connectivity index (χ2v) is 6.48. The van der Waals surface area contributed by atoms with Crippen LogP contribution in [0.25, 0.3) is 0 Å². The van der Waals surface area contributed by atoms with Crippen molar-refractivity contribution in [2.75, 3.05) is 42.4 Å². The van der Waals surface area contributed by atoms with E-state index in [4.69, 9.17) is 20.8 Å². The molecule has 1 saturated heterocycles. The molecule has 1 aliphatic rings. The molecular weight excluding hydrogens is 340 g/mol. The number of halogens is 1. The Balaban J connectivity index is 1.81. The van der Waals surface area contributed by atoms with Crippen molar-refractivity contribution >= 4 is 28.9 Å². The monoisotopic (exact) mass is 362 g/mol. The number of hydrogen-bond donors (Lipinski definition) is 1. The lowest BCUT2D eigenvalue weighted by Crippen LogP contribution is -2.36. The van der Waals surface area contributed by atoms with Crippen LogP contribution in [0.15, 0.2) is 41.2 Å². The largest absolute Gasteiger partial charge is 0.472 e. The second-order valence-electron chi connectivity index (χ2n) is 6.10. The fourth-order valence-corrected chi connectivity index (χ4v) is 3.08. The highest BCUT2D eigenvalue weighted by Gasteiger charge is 2.17. The predicted octanol–water partition coefficient (Wildman–Crippen LogP) is 3.66. The van der Waals surface area contributed by atoms with Crippen molar-refractivity contribution in [3.63, 3.8) is 0 Å². The molecule has 1 amide bonds. The van der Waals surface area contributed by atoms with E-state index in [9.17, 15) is 4.79 Å². The molecule has 1 fully saturated rings. The third-order valence-corrected chi connectivity index (χ3v) is 4.48. The lowest BCUT2D eigenvalue weighted by Gasteiger charge is -2.31. The van der Waals surface area contributed by atoms with Gasteiger partial charge in [0.05, 0.1) is 37.1 Å². The van der Waals surface area contributed by atoms with Crippen molar-refractivity contribution in [1.82, 2.24) is 0 Å². The molecule has 6 heteroatoms. The second kappa shape index (κ2) is 8.92. The van der Waals surface area contributed by atoms with Gasteiger partial charge in [0.25, 0.3) is 0 Å². The Morgan fingerprint density at radius 1 is 1.20 bits per heavy atom. The van der Waals surface area contributed by atoms with E-state index in [2.05, 4.69) is 28.4 Å². The van der Waals surface area contributed by atoms with Gasteiger partial charge < -0.3 is 19.4 Å². The summed E-state index contributed by atoms with van der Waals surface area (Å²) in [6.45, 7) is 3.06. The van der Waals surface area contributed by atoms with Crippen molar-refractivity contribution in [1.29, 1.82) is 0 Å². The normalized spacial score (nSPS) is 14.5. The zero-order valence-corrected chi connectivity index (χ0v) is 14.9. The van der Waals surface area contributed by atoms with Crippen LogP contribution in [-0.4, -0.2) is 38.1 Å². The summed E-state index contributed by atoms with van der Waals surface area (Å²) in [5.41, 5.74) is 4.13. The number of alkyl halides is 1. The van der Waals surface area contributed by atoms with Crippen LogP contribution < -0.4 is 10.2 Å². The van der Waals surface area contributed by atoms with Gasteiger partial charge in [0.15, 0.2) is 0 Å². The average molecular weight is 363 g/mol. The van der Waals surface area contributed by atoms with Crippen LogP contribution >= 0.6 is 11.6 Å². The Morgan fingerprint density at radius 3 is 2.76 bits per heavy atom. The third kappa shape index (κ3) is 5.00. The number of ether oxygens (including phenoxy) is 1. The van der Waals surface area contributed by atoms with Crippen LogP contribution in [0.4, 0.5) is 11.4 Å². The van der Waals surface area contributed by atoms with Crippen LogP contribution in [-0.2, 0) is 16.0 Å². The van der Waals surface area contributed by atoms with Gasteiger partial charge in [-0.15, -0.1) is 11.6 Å². The van der Waals surface area contributed by atoms with E-state index in [-0.39, 0.29) is 5.91 Å². The maximum absolute atomic E-state index is 12.2. The quantitative estimate of drug-likeness (QED) is 0.763. The number of hydrogen-bond acceptors (Lipinski definition) is 4. The molecule has 0 atom stereocenters. The first-order valence-electron chi connectivity index (χ1n) is 8.59. The fraction of sp³-hybridized carbons (Fsp3) is 0.421. The van der Waals surface area contributed by atoms with Gasteiger partial charge in [-0.05, 0) is 35.7 Å². The molecule has 2 aromatic rings. The smallest absolute Gasteiger partial charge is 0.224 e. The molecule has 1 aliphatic heterocycles. The minimum Gasteiger partial charge on any atom is -0.472 e. The molecule has 3 rings (SSSR count). The molecule has 1 aromatic carbocycles. The summed E-state index contributed by atoms with van der Waals surface area (Å²) in [5.74, 6) is 0.486. The van der Waals surface area contributed by atoms with E-state index in [1.807, 2.05) is 6.07 Å². The number of carbonyl (C=O) groups excluding carboxylic acids is 1. The van der Waals surface area contributed by atoms with Crippen molar-refractivity contribution in [2.45, 2.75) is 19.3 Å². The minimum absolute atomic E-state index is 0.00406. The molecule has 0 radical (unpaired) electrons. The van der Waals surface area contributed by atoms with Crippen LogP contribution in [0.3, 0.4) is 0 Å². The number of amides is 1. The number of nitrogens with one attached hydrogen (secondary N) is 1. The van der Waals surface area contributed by atoms with Gasteiger partial charge in [-0.25, -0.2) is 0 Å². The van der Waals surface area contributed by atoms with Crippen LogP contribution in [0.5, 0.6) is 0 Å². The molecule has 1 aromatic heterocycles. The first-order valence-corrected chi connectivity index (χ1v) is 9.12. The highest BCUT2D eigenvalue weighted by molar-refractivity contribution is 6.18. The summed E-state index contributed by atoms with van der Waals surface area (Å²) < 4.78 is 10.6. The predicted molar refractivity (Wildman–Crippen MR) is 99.6 cm³/mol. The van der Waals surface area contributed by atoms with Crippen LogP contribution in [0.1, 0.15) is 24.0 Å². The number of benzene rings is 1. The van der Waals surface area contributed by atoms with E-state index in [1.165, 1.54) is 0 Å². The molecule has 5 nitrogen and oxygen atoms in total. The third-order valence-electron chi connectivity index (χ3n) is 4.21. The van der Waals surface area contributed by atoms with Gasteiger partial charge in [0, 0.05) is 31.8 Å². The van der Waals surface area contributed by atoms with Crippen molar-refractivity contribution in [3.05, 3.63) is 47.9 Å². The number of rotatable bonds is 7. The number of carbonyl (C=O) groups is 1. The fourth-order valence-electron chi connectivity index (χ4n) is 2.94. The molecule has 0 bridgehead atoms. The summed E-state index contributed by atoms with van der Waals surface area (Å²) in [4.78, 5) is 14.5. The first kappa shape index (κ1) is 17.8. The van der Waals surface area contributed by atoms with Crippen LogP contribution in [0.2, 0.25) is 0 Å². The molecule has 134 valence electrons. The number of morpholine rings is 1. The Bertz CT molecular complexity index is 682.